The second kappa shape index (κ2) is 11.7. The number of morpholine rings is 1. The summed E-state index contributed by atoms with van der Waals surface area (Å²) < 4.78 is 16.4. The lowest BCUT2D eigenvalue weighted by atomic mass is 9.94. The number of hydrogen-bond donors (Lipinski definition) is 2. The number of Topliss-reactive ketones (excluding diaryl/α,β-unsaturated/α-hetero) is 1. The largest absolute Gasteiger partial charge is 0.507 e. The average molecular weight is 511 g/mol. The highest BCUT2D eigenvalue weighted by Gasteiger charge is 2.46. The lowest BCUT2D eigenvalue weighted by Crippen LogP contribution is -2.42. The van der Waals surface area contributed by atoms with Crippen LogP contribution in [0, 0.1) is 6.92 Å². The molecule has 1 atom stereocenters. The molecule has 9 nitrogen and oxygen atoms in total. The Hall–Kier alpha value is -3.56. The van der Waals surface area contributed by atoms with Crippen molar-refractivity contribution in [3.63, 3.8) is 0 Å². The van der Waals surface area contributed by atoms with Gasteiger partial charge in [0.1, 0.15) is 11.5 Å². The van der Waals surface area contributed by atoms with Gasteiger partial charge in [-0.1, -0.05) is 13.0 Å². The van der Waals surface area contributed by atoms with Gasteiger partial charge in [0.05, 0.1) is 38.5 Å². The van der Waals surface area contributed by atoms with Crippen LogP contribution in [-0.2, 0) is 14.3 Å². The first kappa shape index (κ1) is 26.5. The van der Waals surface area contributed by atoms with Crippen molar-refractivity contribution in [2.24, 2.45) is 0 Å². The summed E-state index contributed by atoms with van der Waals surface area (Å²) in [6.45, 7) is 8.03. The maximum absolute atomic E-state index is 13.3. The molecule has 37 heavy (non-hydrogen) atoms. The Labute approximate surface area is 216 Å². The number of rotatable bonds is 9. The standard InChI is InChI=1S/C28H34N2O7/c1-4-13-37-22-8-6-20(16-18(22)2)26(32)24-25(19-5-7-21(31)23(17-19)35-3)30(28(34)27(24)33)10-9-29-11-14-36-15-12-29/h5-8,16-17,25,31-32H,4,9-15H2,1-3H3/b26-24+. The molecule has 2 N–H and O–H groups in total. The molecular weight excluding hydrogens is 476 g/mol. The summed E-state index contributed by atoms with van der Waals surface area (Å²) in [5.74, 6) is -0.829. The molecule has 198 valence electrons. The first-order valence-electron chi connectivity index (χ1n) is 12.5. The molecule has 1 amide bonds. The number of hydrogen-bond acceptors (Lipinski definition) is 8. The third-order valence-electron chi connectivity index (χ3n) is 6.73. The van der Waals surface area contributed by atoms with E-state index in [9.17, 15) is 19.8 Å². The summed E-state index contributed by atoms with van der Waals surface area (Å²) in [6.07, 6.45) is 0.866. The Morgan fingerprint density at radius 1 is 1.08 bits per heavy atom. The Kier molecular flexibility index (Phi) is 8.35. The van der Waals surface area contributed by atoms with Crippen LogP contribution in [0.15, 0.2) is 42.0 Å². The number of likely N-dealkylation sites (tertiary alicyclic amines) is 1. The first-order chi connectivity index (χ1) is 17.8. The van der Waals surface area contributed by atoms with Crippen LogP contribution in [0.4, 0.5) is 0 Å². The number of phenolic OH excluding ortho intramolecular Hbond substituents is 1. The molecule has 9 heteroatoms. The van der Waals surface area contributed by atoms with E-state index in [1.807, 2.05) is 13.8 Å². The second-order valence-corrected chi connectivity index (χ2v) is 9.21. The number of nitrogens with zero attached hydrogens (tertiary/aromatic N) is 2. The molecular formula is C28H34N2O7. The van der Waals surface area contributed by atoms with Crippen LogP contribution in [0.1, 0.15) is 36.1 Å². The molecule has 2 fully saturated rings. The Bertz CT molecular complexity index is 1190. The zero-order chi connectivity index (χ0) is 26.5. The van der Waals surface area contributed by atoms with Gasteiger partial charge < -0.3 is 29.3 Å². The van der Waals surface area contributed by atoms with E-state index in [1.54, 1.807) is 30.3 Å². The Morgan fingerprint density at radius 2 is 1.84 bits per heavy atom. The fraction of sp³-hybridized carbons (Fsp3) is 0.429. The van der Waals surface area contributed by atoms with Crippen LogP contribution in [0.25, 0.3) is 5.76 Å². The van der Waals surface area contributed by atoms with E-state index in [2.05, 4.69) is 4.90 Å². The predicted molar refractivity (Wildman–Crippen MR) is 138 cm³/mol. The summed E-state index contributed by atoms with van der Waals surface area (Å²) in [5, 5.41) is 21.5. The quantitative estimate of drug-likeness (QED) is 0.301. The molecule has 0 spiro atoms. The Balaban J connectivity index is 1.75. The molecule has 2 saturated heterocycles. The molecule has 0 saturated carbocycles. The zero-order valence-electron chi connectivity index (χ0n) is 21.5. The third-order valence-corrected chi connectivity index (χ3v) is 6.73. The SMILES string of the molecule is CCCOc1ccc(/C(O)=C2\C(=O)C(=O)N(CCN3CCOCC3)C2c2ccc(O)c(OC)c2)cc1C. The molecule has 0 aromatic heterocycles. The van der Waals surface area contributed by atoms with Gasteiger partial charge in [-0.25, -0.2) is 0 Å². The van der Waals surface area contributed by atoms with Gasteiger partial charge in [-0.3, -0.25) is 14.5 Å². The predicted octanol–water partition coefficient (Wildman–Crippen LogP) is 3.25. The van der Waals surface area contributed by atoms with E-state index < -0.39 is 17.7 Å². The van der Waals surface area contributed by atoms with Crippen molar-refractivity contribution in [3.05, 3.63) is 58.7 Å². The Morgan fingerprint density at radius 3 is 2.51 bits per heavy atom. The van der Waals surface area contributed by atoms with Gasteiger partial charge >= 0.3 is 0 Å². The number of ketones is 1. The minimum atomic E-state index is -0.841. The fourth-order valence-corrected chi connectivity index (χ4v) is 4.72. The number of aliphatic hydroxyl groups excluding tert-OH is 1. The van der Waals surface area contributed by atoms with Crippen LogP contribution in [0.2, 0.25) is 0 Å². The van der Waals surface area contributed by atoms with Crippen molar-refractivity contribution < 1.29 is 34.0 Å². The van der Waals surface area contributed by atoms with Crippen molar-refractivity contribution >= 4 is 17.4 Å². The molecule has 2 aromatic carbocycles. The number of amides is 1. The van der Waals surface area contributed by atoms with Gasteiger partial charge in [0.25, 0.3) is 11.7 Å². The van der Waals surface area contributed by atoms with Crippen molar-refractivity contribution in [1.82, 2.24) is 9.80 Å². The molecule has 2 aromatic rings. The highest BCUT2D eigenvalue weighted by molar-refractivity contribution is 6.46. The topological polar surface area (TPSA) is 109 Å². The van der Waals surface area contributed by atoms with E-state index >= 15 is 0 Å². The van der Waals surface area contributed by atoms with Crippen molar-refractivity contribution in [1.29, 1.82) is 0 Å². The van der Waals surface area contributed by atoms with E-state index in [0.29, 0.717) is 43.2 Å². The normalized spacial score (nSPS) is 19.9. The lowest BCUT2D eigenvalue weighted by Gasteiger charge is -2.31. The summed E-state index contributed by atoms with van der Waals surface area (Å²) in [6, 6.07) is 9.03. The molecule has 4 rings (SSSR count). The highest BCUT2D eigenvalue weighted by Crippen LogP contribution is 2.42. The maximum Gasteiger partial charge on any atom is 0.295 e. The summed E-state index contributed by atoms with van der Waals surface area (Å²) in [4.78, 5) is 30.3. The molecule has 2 heterocycles. The number of phenols is 1. The number of aliphatic hydroxyl groups is 1. The van der Waals surface area contributed by atoms with Gasteiger partial charge in [0, 0.05) is 31.7 Å². The van der Waals surface area contributed by atoms with E-state index in [0.717, 1.165) is 25.1 Å². The van der Waals surface area contributed by atoms with Crippen molar-refractivity contribution in [2.75, 3.05) is 53.1 Å². The number of aryl methyl sites for hydroxylation is 1. The van der Waals surface area contributed by atoms with Gasteiger partial charge in [0.2, 0.25) is 0 Å². The second-order valence-electron chi connectivity index (χ2n) is 9.21. The highest BCUT2D eigenvalue weighted by atomic mass is 16.5. The summed E-state index contributed by atoms with van der Waals surface area (Å²) >= 11 is 0. The molecule has 0 radical (unpaired) electrons. The first-order valence-corrected chi connectivity index (χ1v) is 12.5. The van der Waals surface area contributed by atoms with Crippen LogP contribution in [0.3, 0.4) is 0 Å². The fourth-order valence-electron chi connectivity index (χ4n) is 4.72. The van der Waals surface area contributed by atoms with Gasteiger partial charge in [0.15, 0.2) is 11.5 Å². The summed E-state index contributed by atoms with van der Waals surface area (Å²) in [7, 11) is 1.43. The van der Waals surface area contributed by atoms with Gasteiger partial charge in [-0.15, -0.1) is 0 Å². The monoisotopic (exact) mass is 510 g/mol. The van der Waals surface area contributed by atoms with Crippen molar-refractivity contribution in [2.45, 2.75) is 26.3 Å². The third kappa shape index (κ3) is 5.57. The van der Waals surface area contributed by atoms with E-state index in [1.165, 1.54) is 18.1 Å². The van der Waals surface area contributed by atoms with Gasteiger partial charge in [-0.2, -0.15) is 0 Å². The number of methoxy groups -OCH3 is 1. The molecule has 0 bridgehead atoms. The minimum absolute atomic E-state index is 0.00125. The van der Waals surface area contributed by atoms with Gasteiger partial charge in [-0.05, 0) is 54.8 Å². The summed E-state index contributed by atoms with van der Waals surface area (Å²) in [5.41, 5.74) is 1.78. The number of carbonyl (C=O) groups excluding carboxylic acids is 2. The lowest BCUT2D eigenvalue weighted by molar-refractivity contribution is -0.140. The van der Waals surface area contributed by atoms with Crippen LogP contribution in [0.5, 0.6) is 17.2 Å². The van der Waals surface area contributed by atoms with Crippen LogP contribution in [-0.4, -0.2) is 84.8 Å². The van der Waals surface area contributed by atoms with E-state index in [4.69, 9.17) is 14.2 Å². The smallest absolute Gasteiger partial charge is 0.295 e. The molecule has 0 aliphatic carbocycles. The molecule has 1 unspecified atom stereocenters. The minimum Gasteiger partial charge on any atom is -0.507 e. The van der Waals surface area contributed by atoms with Crippen molar-refractivity contribution in [3.8, 4) is 17.2 Å². The number of benzene rings is 2. The number of aromatic hydroxyl groups is 1. The number of carbonyl (C=O) groups is 2. The zero-order valence-corrected chi connectivity index (χ0v) is 21.5. The average Bonchev–Trinajstić information content (AvgIpc) is 3.16. The maximum atomic E-state index is 13.3. The van der Waals surface area contributed by atoms with E-state index in [-0.39, 0.29) is 29.4 Å². The molecule has 2 aliphatic rings. The molecule has 2 aliphatic heterocycles. The number of ether oxygens (including phenoxy) is 3. The van der Waals surface area contributed by atoms with Crippen LogP contribution >= 0.6 is 0 Å². The van der Waals surface area contributed by atoms with Crippen LogP contribution < -0.4 is 9.47 Å².